The summed E-state index contributed by atoms with van der Waals surface area (Å²) in [4.78, 5) is 6.96. The topological polar surface area (TPSA) is 39.7 Å². The first-order chi connectivity index (χ1) is 12.3. The molecule has 1 aromatic heterocycles. The summed E-state index contributed by atoms with van der Waals surface area (Å²) in [6, 6.07) is 11.5. The van der Waals surface area contributed by atoms with Crippen LogP contribution in [0.1, 0.15) is 35.6 Å². The van der Waals surface area contributed by atoms with Crippen molar-refractivity contribution >= 4 is 41.3 Å². The number of thiophene rings is 1. The van der Waals surface area contributed by atoms with E-state index in [9.17, 15) is 0 Å². The number of nitrogens with zero attached hydrogens (tertiary/aromatic N) is 2. The van der Waals surface area contributed by atoms with Crippen LogP contribution in [0.2, 0.25) is 0 Å². The molecule has 1 saturated heterocycles. The Labute approximate surface area is 178 Å². The maximum absolute atomic E-state index is 4.37. The zero-order valence-electron chi connectivity index (χ0n) is 15.6. The molecule has 1 fully saturated rings. The summed E-state index contributed by atoms with van der Waals surface area (Å²) < 4.78 is 0. The van der Waals surface area contributed by atoms with E-state index in [0.29, 0.717) is 6.04 Å². The molecule has 2 heterocycles. The van der Waals surface area contributed by atoms with Crippen LogP contribution in [0.25, 0.3) is 0 Å². The van der Waals surface area contributed by atoms with Crippen molar-refractivity contribution in [2.75, 3.05) is 26.7 Å². The van der Waals surface area contributed by atoms with E-state index in [2.05, 4.69) is 68.5 Å². The Balaban J connectivity index is 0.00000243. The minimum atomic E-state index is 0. The van der Waals surface area contributed by atoms with Gasteiger partial charge in [-0.25, -0.2) is 0 Å². The third kappa shape index (κ3) is 5.96. The summed E-state index contributed by atoms with van der Waals surface area (Å²) in [7, 11) is 1.83. The minimum Gasteiger partial charge on any atom is -0.354 e. The average Bonchev–Trinajstić information content (AvgIpc) is 3.33. The van der Waals surface area contributed by atoms with Gasteiger partial charge in [0.05, 0.1) is 6.04 Å². The van der Waals surface area contributed by atoms with Crippen LogP contribution in [-0.4, -0.2) is 37.5 Å². The highest BCUT2D eigenvalue weighted by Crippen LogP contribution is 2.24. The van der Waals surface area contributed by atoms with Gasteiger partial charge in [0.25, 0.3) is 0 Å². The molecule has 142 valence electrons. The fraction of sp³-hybridized carbons (Fsp3) is 0.450. The van der Waals surface area contributed by atoms with Crippen molar-refractivity contribution < 1.29 is 0 Å². The molecule has 2 aromatic rings. The molecular weight excluding hydrogens is 455 g/mol. The van der Waals surface area contributed by atoms with Crippen molar-refractivity contribution in [2.24, 2.45) is 4.99 Å². The zero-order chi connectivity index (χ0) is 17.5. The summed E-state index contributed by atoms with van der Waals surface area (Å²) in [5, 5.41) is 11.2. The lowest BCUT2D eigenvalue weighted by atomic mass is 10.0. The second kappa shape index (κ2) is 10.9. The van der Waals surface area contributed by atoms with Crippen LogP contribution in [0.5, 0.6) is 0 Å². The van der Waals surface area contributed by atoms with E-state index >= 15 is 0 Å². The van der Waals surface area contributed by atoms with Crippen molar-refractivity contribution in [1.29, 1.82) is 0 Å². The van der Waals surface area contributed by atoms with E-state index in [1.54, 1.807) is 11.3 Å². The van der Waals surface area contributed by atoms with Gasteiger partial charge in [-0.15, -0.1) is 24.0 Å². The van der Waals surface area contributed by atoms with Gasteiger partial charge in [-0.2, -0.15) is 11.3 Å². The summed E-state index contributed by atoms with van der Waals surface area (Å²) in [5.74, 6) is 0.863. The smallest absolute Gasteiger partial charge is 0.191 e. The van der Waals surface area contributed by atoms with Crippen molar-refractivity contribution in [2.45, 2.75) is 32.4 Å². The molecule has 6 heteroatoms. The number of aryl methyl sites for hydroxylation is 1. The van der Waals surface area contributed by atoms with Crippen LogP contribution in [0.15, 0.2) is 46.1 Å². The molecule has 0 saturated carbocycles. The van der Waals surface area contributed by atoms with Crippen LogP contribution >= 0.6 is 35.3 Å². The third-order valence-electron chi connectivity index (χ3n) is 4.77. The second-order valence-corrected chi connectivity index (χ2v) is 7.39. The lowest BCUT2D eigenvalue weighted by Gasteiger charge is -2.29. The van der Waals surface area contributed by atoms with Gasteiger partial charge < -0.3 is 10.6 Å². The van der Waals surface area contributed by atoms with E-state index in [1.807, 2.05) is 7.05 Å². The molecule has 1 unspecified atom stereocenters. The normalized spacial score (nSPS) is 16.2. The lowest BCUT2D eigenvalue weighted by Crippen LogP contribution is -2.42. The first-order valence-corrected chi connectivity index (χ1v) is 9.97. The van der Waals surface area contributed by atoms with Crippen molar-refractivity contribution in [1.82, 2.24) is 15.5 Å². The molecule has 26 heavy (non-hydrogen) atoms. The lowest BCUT2D eigenvalue weighted by molar-refractivity contribution is 0.245. The van der Waals surface area contributed by atoms with E-state index < -0.39 is 0 Å². The summed E-state index contributed by atoms with van der Waals surface area (Å²) in [5.41, 5.74) is 3.99. The molecule has 2 N–H and O–H groups in total. The molecule has 0 spiro atoms. The minimum absolute atomic E-state index is 0. The molecule has 1 aliphatic rings. The van der Waals surface area contributed by atoms with E-state index in [0.717, 1.165) is 19.0 Å². The van der Waals surface area contributed by atoms with Gasteiger partial charge >= 0.3 is 0 Å². The number of halogens is 1. The number of hydrogen-bond donors (Lipinski definition) is 2. The molecule has 1 aromatic carbocycles. The average molecular weight is 484 g/mol. The van der Waals surface area contributed by atoms with Crippen LogP contribution < -0.4 is 10.6 Å². The fourth-order valence-corrected chi connectivity index (χ4v) is 3.96. The maximum atomic E-state index is 4.37. The van der Waals surface area contributed by atoms with Gasteiger partial charge in [-0.1, -0.05) is 29.8 Å². The van der Waals surface area contributed by atoms with E-state index in [4.69, 9.17) is 0 Å². The van der Waals surface area contributed by atoms with E-state index in [-0.39, 0.29) is 24.0 Å². The van der Waals surface area contributed by atoms with Crippen LogP contribution in [-0.2, 0) is 6.54 Å². The largest absolute Gasteiger partial charge is 0.354 e. The van der Waals surface area contributed by atoms with Gasteiger partial charge in [0.2, 0.25) is 0 Å². The predicted molar refractivity (Wildman–Crippen MR) is 123 cm³/mol. The SMILES string of the molecule is CN=C(NCc1ccsc1)NCC(c1ccc(C)cc1)N1CCCC1.I. The molecule has 0 amide bonds. The molecule has 1 aliphatic heterocycles. The van der Waals surface area contributed by atoms with E-state index in [1.165, 1.54) is 42.6 Å². The van der Waals surface area contributed by atoms with Crippen LogP contribution in [0.4, 0.5) is 0 Å². The Morgan fingerprint density at radius 2 is 1.88 bits per heavy atom. The number of likely N-dealkylation sites (tertiary alicyclic amines) is 1. The molecule has 0 radical (unpaired) electrons. The number of nitrogens with one attached hydrogen (secondary N) is 2. The third-order valence-corrected chi connectivity index (χ3v) is 5.50. The van der Waals surface area contributed by atoms with Crippen LogP contribution in [0, 0.1) is 6.92 Å². The highest BCUT2D eigenvalue weighted by atomic mass is 127. The van der Waals surface area contributed by atoms with Crippen molar-refractivity contribution in [3.8, 4) is 0 Å². The Kier molecular flexibility index (Phi) is 8.87. The number of rotatable bonds is 6. The fourth-order valence-electron chi connectivity index (χ4n) is 3.29. The highest BCUT2D eigenvalue weighted by Gasteiger charge is 2.23. The number of hydrogen-bond acceptors (Lipinski definition) is 3. The van der Waals surface area contributed by atoms with Gasteiger partial charge in [-0.3, -0.25) is 9.89 Å². The number of aliphatic imine (C=N–C) groups is 1. The Bertz CT molecular complexity index is 664. The maximum Gasteiger partial charge on any atom is 0.191 e. The summed E-state index contributed by atoms with van der Waals surface area (Å²) >= 11 is 1.73. The van der Waals surface area contributed by atoms with Gasteiger partial charge in [0.1, 0.15) is 0 Å². The quantitative estimate of drug-likeness (QED) is 0.367. The Morgan fingerprint density at radius 1 is 1.15 bits per heavy atom. The molecule has 0 aliphatic carbocycles. The molecule has 4 nitrogen and oxygen atoms in total. The number of guanidine groups is 1. The monoisotopic (exact) mass is 484 g/mol. The molecule has 0 bridgehead atoms. The van der Waals surface area contributed by atoms with Crippen molar-refractivity contribution in [3.05, 3.63) is 57.8 Å². The summed E-state index contributed by atoms with van der Waals surface area (Å²) in [6.07, 6.45) is 2.60. The second-order valence-electron chi connectivity index (χ2n) is 6.61. The first kappa shape index (κ1) is 21.2. The first-order valence-electron chi connectivity index (χ1n) is 9.02. The standard InChI is InChI=1S/C20H28N4S.HI/c1-16-5-7-18(8-6-16)19(24-10-3-4-11-24)14-23-20(21-2)22-13-17-9-12-25-15-17;/h5-9,12,15,19H,3-4,10-11,13-14H2,1-2H3,(H2,21,22,23);1H. The van der Waals surface area contributed by atoms with Gasteiger partial charge in [0.15, 0.2) is 5.96 Å². The predicted octanol–water partition coefficient (Wildman–Crippen LogP) is 4.18. The zero-order valence-corrected chi connectivity index (χ0v) is 18.7. The Hall–Kier alpha value is -1.12. The number of benzene rings is 1. The highest BCUT2D eigenvalue weighted by molar-refractivity contribution is 14.0. The van der Waals surface area contributed by atoms with Gasteiger partial charge in [-0.05, 0) is 60.8 Å². The molecular formula is C20H29IN4S. The summed E-state index contributed by atoms with van der Waals surface area (Å²) in [6.45, 7) is 6.18. The van der Waals surface area contributed by atoms with Crippen LogP contribution in [0.3, 0.4) is 0 Å². The molecule has 1 atom stereocenters. The molecule has 3 rings (SSSR count). The Morgan fingerprint density at radius 3 is 2.50 bits per heavy atom. The van der Waals surface area contributed by atoms with Gasteiger partial charge in [0, 0.05) is 20.1 Å². The van der Waals surface area contributed by atoms with Crippen molar-refractivity contribution in [3.63, 3.8) is 0 Å².